The van der Waals surface area contributed by atoms with E-state index in [9.17, 15) is 13.2 Å². The monoisotopic (exact) mass is 293 g/mol. The summed E-state index contributed by atoms with van der Waals surface area (Å²) in [5.74, 6) is -0.224. The normalized spacial score (nSPS) is 20.1. The first-order chi connectivity index (χ1) is 8.66. The molecule has 1 N–H and O–H groups in total. The summed E-state index contributed by atoms with van der Waals surface area (Å²) in [6.45, 7) is 1.16. The Morgan fingerprint density at radius 2 is 1.89 bits per heavy atom. The first-order valence-corrected chi connectivity index (χ1v) is 7.90. The van der Waals surface area contributed by atoms with Gasteiger partial charge in [-0.1, -0.05) is 0 Å². The van der Waals surface area contributed by atoms with Crippen molar-refractivity contribution in [3.05, 3.63) is 35.1 Å². The fourth-order valence-electron chi connectivity index (χ4n) is 1.74. The van der Waals surface area contributed by atoms with Crippen LogP contribution >= 0.6 is 23.5 Å². The van der Waals surface area contributed by atoms with Gasteiger partial charge in [-0.05, 0) is 17.7 Å². The van der Waals surface area contributed by atoms with Crippen molar-refractivity contribution in [3.63, 3.8) is 0 Å². The average Bonchev–Trinajstić information content (AvgIpc) is 2.37. The largest absolute Gasteiger partial charge is 0.312 e. The molecule has 0 spiro atoms. The Hall–Kier alpha value is -0.330. The number of hydrogen-bond donors (Lipinski definition) is 1. The second-order valence-electron chi connectivity index (χ2n) is 4.07. The molecule has 100 valence electrons. The first kappa shape index (κ1) is 14.1. The Labute approximate surface area is 113 Å². The predicted octanol–water partition coefficient (Wildman–Crippen LogP) is 3.04. The molecule has 0 amide bonds. The van der Waals surface area contributed by atoms with E-state index in [1.165, 1.54) is 5.75 Å². The summed E-state index contributed by atoms with van der Waals surface area (Å²) in [5.41, 5.74) is 0.430. The zero-order valence-corrected chi connectivity index (χ0v) is 11.4. The Kier molecular flexibility index (Phi) is 5.26. The lowest BCUT2D eigenvalue weighted by atomic mass is 10.2. The van der Waals surface area contributed by atoms with Crippen LogP contribution in [0.3, 0.4) is 0 Å². The molecule has 2 rings (SSSR count). The summed E-state index contributed by atoms with van der Waals surface area (Å²) in [5, 5.41) is 3.70. The van der Waals surface area contributed by atoms with Gasteiger partial charge in [-0.25, -0.2) is 13.2 Å². The van der Waals surface area contributed by atoms with Crippen LogP contribution in [0.2, 0.25) is 0 Å². The van der Waals surface area contributed by atoms with Crippen molar-refractivity contribution in [3.8, 4) is 0 Å². The molecule has 0 aromatic heterocycles. The molecule has 1 nitrogen and oxygen atoms in total. The molecule has 1 saturated heterocycles. The molecule has 18 heavy (non-hydrogen) atoms. The van der Waals surface area contributed by atoms with Gasteiger partial charge in [0.05, 0.1) is 0 Å². The van der Waals surface area contributed by atoms with Gasteiger partial charge in [0, 0.05) is 35.6 Å². The number of halogens is 3. The number of thioether (sulfide) groups is 2. The van der Waals surface area contributed by atoms with Crippen LogP contribution in [0.4, 0.5) is 13.2 Å². The van der Waals surface area contributed by atoms with Gasteiger partial charge in [0.1, 0.15) is 0 Å². The van der Waals surface area contributed by atoms with Crippen LogP contribution in [0.1, 0.15) is 5.56 Å². The van der Waals surface area contributed by atoms with Gasteiger partial charge in [0.25, 0.3) is 0 Å². The van der Waals surface area contributed by atoms with Gasteiger partial charge in [-0.15, -0.1) is 0 Å². The molecule has 0 saturated carbocycles. The average molecular weight is 293 g/mol. The van der Waals surface area contributed by atoms with Crippen LogP contribution in [0, 0.1) is 17.5 Å². The van der Waals surface area contributed by atoms with E-state index in [-0.39, 0.29) is 0 Å². The summed E-state index contributed by atoms with van der Waals surface area (Å²) in [4.78, 5) is 0. The van der Waals surface area contributed by atoms with Gasteiger partial charge >= 0.3 is 0 Å². The minimum Gasteiger partial charge on any atom is -0.312 e. The third-order valence-corrected chi connectivity index (χ3v) is 5.47. The lowest BCUT2D eigenvalue weighted by molar-refractivity contribution is 0.444. The molecule has 1 heterocycles. The fraction of sp³-hybridized carbons (Fsp3) is 0.500. The second kappa shape index (κ2) is 6.73. The Balaban J connectivity index is 1.82. The molecule has 1 aromatic rings. The molecule has 1 aliphatic heterocycles. The number of nitrogens with one attached hydrogen (secondary N) is 1. The van der Waals surface area contributed by atoms with E-state index < -0.39 is 17.5 Å². The van der Waals surface area contributed by atoms with Crippen molar-refractivity contribution in [2.75, 3.05) is 23.8 Å². The maximum atomic E-state index is 13.0. The highest BCUT2D eigenvalue weighted by atomic mass is 32.2. The standard InChI is InChI=1S/C12H14F3NS2/c13-10-3-8(4-11(14)12(10)15)5-16-6-9-7-17-1-2-18-9/h3-4,9,16H,1-2,5-7H2. The molecule has 0 bridgehead atoms. The van der Waals surface area contributed by atoms with Crippen molar-refractivity contribution in [2.24, 2.45) is 0 Å². The van der Waals surface area contributed by atoms with Gasteiger partial charge in [-0.3, -0.25) is 0 Å². The molecule has 1 aromatic carbocycles. The van der Waals surface area contributed by atoms with E-state index >= 15 is 0 Å². The minimum absolute atomic E-state index is 0.357. The van der Waals surface area contributed by atoms with Crippen LogP contribution < -0.4 is 5.32 Å². The molecule has 0 radical (unpaired) electrons. The maximum absolute atomic E-state index is 13.0. The third kappa shape index (κ3) is 3.83. The molecular weight excluding hydrogens is 279 g/mol. The lowest BCUT2D eigenvalue weighted by Crippen LogP contribution is -2.28. The van der Waals surface area contributed by atoms with Gasteiger partial charge in [0.2, 0.25) is 0 Å². The summed E-state index contributed by atoms with van der Waals surface area (Å²) in [6.07, 6.45) is 0. The van der Waals surface area contributed by atoms with Crippen molar-refractivity contribution in [1.82, 2.24) is 5.32 Å². The number of benzene rings is 1. The van der Waals surface area contributed by atoms with Crippen molar-refractivity contribution in [2.45, 2.75) is 11.8 Å². The Bertz CT molecular complexity index is 385. The van der Waals surface area contributed by atoms with Crippen LogP contribution in [0.15, 0.2) is 12.1 Å². The summed E-state index contributed by atoms with van der Waals surface area (Å²) < 4.78 is 38.7. The van der Waals surface area contributed by atoms with Crippen molar-refractivity contribution in [1.29, 1.82) is 0 Å². The number of hydrogen-bond acceptors (Lipinski definition) is 3. The maximum Gasteiger partial charge on any atom is 0.194 e. The third-order valence-electron chi connectivity index (χ3n) is 2.63. The van der Waals surface area contributed by atoms with Gasteiger partial charge in [-0.2, -0.15) is 23.5 Å². The van der Waals surface area contributed by atoms with Gasteiger partial charge in [0.15, 0.2) is 17.5 Å². The SMILES string of the molecule is Fc1cc(CNCC2CSCCS2)cc(F)c1F. The Morgan fingerprint density at radius 3 is 2.50 bits per heavy atom. The van der Waals surface area contributed by atoms with E-state index in [1.807, 2.05) is 23.5 Å². The van der Waals surface area contributed by atoms with E-state index in [0.717, 1.165) is 30.2 Å². The molecule has 1 aliphatic rings. The molecular formula is C12H14F3NS2. The summed E-state index contributed by atoms with van der Waals surface area (Å²) >= 11 is 3.84. The topological polar surface area (TPSA) is 12.0 Å². The highest BCUT2D eigenvalue weighted by Crippen LogP contribution is 2.23. The molecule has 1 fully saturated rings. The zero-order valence-electron chi connectivity index (χ0n) is 9.72. The molecule has 0 aliphatic carbocycles. The van der Waals surface area contributed by atoms with E-state index in [1.54, 1.807) is 0 Å². The smallest absolute Gasteiger partial charge is 0.194 e. The highest BCUT2D eigenvalue weighted by Gasteiger charge is 2.14. The quantitative estimate of drug-likeness (QED) is 0.857. The van der Waals surface area contributed by atoms with Crippen LogP contribution in [0.25, 0.3) is 0 Å². The lowest BCUT2D eigenvalue weighted by Gasteiger charge is -2.21. The van der Waals surface area contributed by atoms with Crippen LogP contribution in [-0.2, 0) is 6.54 Å². The van der Waals surface area contributed by atoms with Gasteiger partial charge < -0.3 is 5.32 Å². The number of rotatable bonds is 4. The van der Waals surface area contributed by atoms with E-state index in [0.29, 0.717) is 17.4 Å². The van der Waals surface area contributed by atoms with Crippen LogP contribution in [0.5, 0.6) is 0 Å². The predicted molar refractivity (Wildman–Crippen MR) is 71.6 cm³/mol. The zero-order chi connectivity index (χ0) is 13.0. The van der Waals surface area contributed by atoms with E-state index in [2.05, 4.69) is 5.32 Å². The second-order valence-corrected chi connectivity index (χ2v) is 6.63. The first-order valence-electron chi connectivity index (χ1n) is 5.70. The van der Waals surface area contributed by atoms with E-state index in [4.69, 9.17) is 0 Å². The van der Waals surface area contributed by atoms with Crippen molar-refractivity contribution < 1.29 is 13.2 Å². The Morgan fingerprint density at radius 1 is 1.17 bits per heavy atom. The van der Waals surface area contributed by atoms with Crippen LogP contribution in [-0.4, -0.2) is 29.1 Å². The molecule has 1 atom stereocenters. The highest BCUT2D eigenvalue weighted by molar-refractivity contribution is 8.06. The molecule has 6 heteroatoms. The summed E-state index contributed by atoms with van der Waals surface area (Å²) in [7, 11) is 0. The molecule has 1 unspecified atom stereocenters. The summed E-state index contributed by atoms with van der Waals surface area (Å²) in [6, 6.07) is 2.07. The van der Waals surface area contributed by atoms with Crippen molar-refractivity contribution >= 4 is 23.5 Å². The fourth-order valence-corrected chi connectivity index (χ4v) is 4.39. The minimum atomic E-state index is -1.40.